The van der Waals surface area contributed by atoms with Crippen LogP contribution < -0.4 is 10.1 Å². The number of ketones is 1. The summed E-state index contributed by atoms with van der Waals surface area (Å²) >= 11 is 6.41. The summed E-state index contributed by atoms with van der Waals surface area (Å²) in [6, 6.07) is 17.1. The molecule has 8 heteroatoms. The number of amides is 1. The van der Waals surface area contributed by atoms with Crippen molar-refractivity contribution in [3.8, 4) is 16.9 Å². The number of carbonyl (C=O) groups is 2. The molecule has 5 rings (SSSR count). The highest BCUT2D eigenvalue weighted by Gasteiger charge is 2.30. The minimum atomic E-state index is -1.07. The van der Waals surface area contributed by atoms with Gasteiger partial charge in [-0.05, 0) is 79.7 Å². The van der Waals surface area contributed by atoms with Crippen LogP contribution in [-0.4, -0.2) is 53.5 Å². The van der Waals surface area contributed by atoms with Crippen molar-refractivity contribution in [2.75, 3.05) is 19.6 Å². The number of rotatable bonds is 10. The summed E-state index contributed by atoms with van der Waals surface area (Å²) in [7, 11) is 0. The highest BCUT2D eigenvalue weighted by Crippen LogP contribution is 2.34. The predicted molar refractivity (Wildman–Crippen MR) is 144 cm³/mol. The van der Waals surface area contributed by atoms with E-state index in [1.54, 1.807) is 54.6 Å². The molecule has 6 nitrogen and oxygen atoms in total. The van der Waals surface area contributed by atoms with Gasteiger partial charge < -0.3 is 20.1 Å². The fourth-order valence-corrected chi connectivity index (χ4v) is 4.92. The average molecular weight is 537 g/mol. The van der Waals surface area contributed by atoms with E-state index in [9.17, 15) is 19.1 Å². The zero-order chi connectivity index (χ0) is 26.6. The van der Waals surface area contributed by atoms with Gasteiger partial charge in [0, 0.05) is 12.1 Å². The molecule has 0 bridgehead atoms. The second kappa shape index (κ2) is 11.6. The molecule has 2 aliphatic rings. The Labute approximate surface area is 226 Å². The molecule has 198 valence electrons. The Morgan fingerprint density at radius 2 is 1.63 bits per heavy atom. The van der Waals surface area contributed by atoms with Gasteiger partial charge >= 0.3 is 0 Å². The Balaban J connectivity index is 1.29. The van der Waals surface area contributed by atoms with E-state index in [2.05, 4.69) is 10.2 Å². The van der Waals surface area contributed by atoms with Crippen LogP contribution in [0.4, 0.5) is 4.39 Å². The molecule has 1 aliphatic carbocycles. The summed E-state index contributed by atoms with van der Waals surface area (Å²) in [6.07, 6.45) is 3.24. The monoisotopic (exact) mass is 536 g/mol. The lowest BCUT2D eigenvalue weighted by atomic mass is 10.00. The smallest absolute Gasteiger partial charge is 0.292 e. The van der Waals surface area contributed by atoms with Crippen LogP contribution in [0.5, 0.6) is 5.75 Å². The van der Waals surface area contributed by atoms with Gasteiger partial charge in [-0.2, -0.15) is 0 Å². The third-order valence-electron chi connectivity index (χ3n) is 7.00. The van der Waals surface area contributed by atoms with Crippen molar-refractivity contribution in [3.05, 3.63) is 88.7 Å². The predicted octanol–water partition coefficient (Wildman–Crippen LogP) is 5.18. The second-order valence-electron chi connectivity index (χ2n) is 9.95. The molecule has 38 heavy (non-hydrogen) atoms. The normalized spacial score (nSPS) is 17.1. The van der Waals surface area contributed by atoms with Gasteiger partial charge in [0.05, 0.1) is 17.2 Å². The topological polar surface area (TPSA) is 78.9 Å². The van der Waals surface area contributed by atoms with E-state index >= 15 is 0 Å². The van der Waals surface area contributed by atoms with Crippen LogP contribution in [0.1, 0.15) is 47.7 Å². The van der Waals surface area contributed by atoms with Crippen molar-refractivity contribution >= 4 is 23.3 Å². The van der Waals surface area contributed by atoms with E-state index in [0.29, 0.717) is 22.9 Å². The molecule has 0 spiro atoms. The molecule has 2 fully saturated rings. The zero-order valence-corrected chi connectivity index (χ0v) is 21.7. The van der Waals surface area contributed by atoms with Gasteiger partial charge in [-0.15, -0.1) is 0 Å². The number of Topliss-reactive ketones (excluding diaryl/α,β-unsaturated/α-hetero) is 1. The van der Waals surface area contributed by atoms with Crippen molar-refractivity contribution < 1.29 is 23.8 Å². The van der Waals surface area contributed by atoms with Crippen molar-refractivity contribution in [1.82, 2.24) is 10.2 Å². The van der Waals surface area contributed by atoms with Gasteiger partial charge in [0.25, 0.3) is 5.91 Å². The maximum absolute atomic E-state index is 13.2. The fraction of sp³-hybridized carbons (Fsp3) is 0.333. The quantitative estimate of drug-likeness (QED) is 0.275. The SMILES string of the molecule is O=C(N[C@H](CN1CCCC1)[C@H](O)c1ccc(OC2CC2)c(Cl)c1)C(=O)c1ccc(-c2ccc(F)cc2)cc1. The first-order valence-corrected chi connectivity index (χ1v) is 13.3. The molecular formula is C30H30ClFN2O4. The highest BCUT2D eigenvalue weighted by molar-refractivity contribution is 6.42. The molecule has 1 amide bonds. The van der Waals surface area contributed by atoms with Crippen LogP contribution >= 0.6 is 11.6 Å². The van der Waals surface area contributed by atoms with E-state index in [0.717, 1.165) is 49.9 Å². The lowest BCUT2D eigenvalue weighted by Crippen LogP contribution is -2.48. The third-order valence-corrected chi connectivity index (χ3v) is 7.29. The van der Waals surface area contributed by atoms with Gasteiger partial charge in [-0.1, -0.05) is 54.1 Å². The summed E-state index contributed by atoms with van der Waals surface area (Å²) < 4.78 is 19.0. The number of aliphatic hydroxyl groups is 1. The Kier molecular flexibility index (Phi) is 8.07. The number of likely N-dealkylation sites (tertiary alicyclic amines) is 1. The summed E-state index contributed by atoms with van der Waals surface area (Å²) in [5, 5.41) is 14.4. The molecule has 1 heterocycles. The van der Waals surface area contributed by atoms with Crippen LogP contribution in [0.25, 0.3) is 11.1 Å². The zero-order valence-electron chi connectivity index (χ0n) is 20.9. The van der Waals surface area contributed by atoms with Crippen LogP contribution in [0, 0.1) is 5.82 Å². The Morgan fingerprint density at radius 1 is 1.00 bits per heavy atom. The molecule has 1 aliphatic heterocycles. The summed E-state index contributed by atoms with van der Waals surface area (Å²) in [5.74, 6) is -1.24. The fourth-order valence-electron chi connectivity index (χ4n) is 4.68. The van der Waals surface area contributed by atoms with E-state index in [4.69, 9.17) is 16.3 Å². The van der Waals surface area contributed by atoms with Gasteiger partial charge in [0.2, 0.25) is 5.78 Å². The van der Waals surface area contributed by atoms with E-state index in [1.165, 1.54) is 12.1 Å². The highest BCUT2D eigenvalue weighted by atomic mass is 35.5. The van der Waals surface area contributed by atoms with Crippen molar-refractivity contribution in [2.45, 2.75) is 43.9 Å². The molecule has 3 aromatic carbocycles. The molecule has 3 aromatic rings. The van der Waals surface area contributed by atoms with Crippen LogP contribution in [0.15, 0.2) is 66.7 Å². The summed E-state index contributed by atoms with van der Waals surface area (Å²) in [5.41, 5.74) is 2.37. The van der Waals surface area contributed by atoms with E-state index in [1.807, 2.05) is 0 Å². The van der Waals surface area contributed by atoms with Gasteiger partial charge in [0.15, 0.2) is 0 Å². The maximum Gasteiger partial charge on any atom is 0.292 e. The molecule has 2 N–H and O–H groups in total. The Hall–Kier alpha value is -3.26. The Bertz CT molecular complexity index is 1290. The number of ether oxygens (including phenoxy) is 1. The average Bonchev–Trinajstić information content (AvgIpc) is 3.60. The van der Waals surface area contributed by atoms with Crippen LogP contribution in [0.3, 0.4) is 0 Å². The van der Waals surface area contributed by atoms with Crippen molar-refractivity contribution in [2.24, 2.45) is 0 Å². The largest absolute Gasteiger partial charge is 0.489 e. The molecule has 0 radical (unpaired) electrons. The molecular weight excluding hydrogens is 507 g/mol. The number of halogens is 2. The summed E-state index contributed by atoms with van der Waals surface area (Å²) in [6.45, 7) is 2.14. The van der Waals surface area contributed by atoms with Crippen LogP contribution in [0.2, 0.25) is 5.02 Å². The number of carbonyl (C=O) groups excluding carboxylic acids is 2. The number of benzene rings is 3. The maximum atomic E-state index is 13.2. The lowest BCUT2D eigenvalue weighted by Gasteiger charge is -2.28. The molecule has 1 saturated carbocycles. The van der Waals surface area contributed by atoms with Crippen molar-refractivity contribution in [1.29, 1.82) is 0 Å². The van der Waals surface area contributed by atoms with Gasteiger partial charge in [0.1, 0.15) is 17.7 Å². The Morgan fingerprint density at radius 3 is 2.24 bits per heavy atom. The molecule has 2 atom stereocenters. The number of hydrogen-bond donors (Lipinski definition) is 2. The number of nitrogens with one attached hydrogen (secondary N) is 1. The second-order valence-corrected chi connectivity index (χ2v) is 10.4. The minimum absolute atomic E-state index is 0.196. The first kappa shape index (κ1) is 26.4. The van der Waals surface area contributed by atoms with Crippen molar-refractivity contribution in [3.63, 3.8) is 0 Å². The third kappa shape index (κ3) is 6.41. The molecule has 0 aromatic heterocycles. The minimum Gasteiger partial charge on any atom is -0.489 e. The summed E-state index contributed by atoms with van der Waals surface area (Å²) in [4.78, 5) is 28.2. The number of aliphatic hydroxyl groups excluding tert-OH is 1. The molecule has 1 saturated heterocycles. The first-order chi connectivity index (χ1) is 18.4. The number of hydrogen-bond acceptors (Lipinski definition) is 5. The van der Waals surface area contributed by atoms with E-state index < -0.39 is 23.8 Å². The lowest BCUT2D eigenvalue weighted by molar-refractivity contribution is -0.118. The van der Waals surface area contributed by atoms with Crippen LogP contribution in [-0.2, 0) is 4.79 Å². The van der Waals surface area contributed by atoms with Gasteiger partial charge in [-0.3, -0.25) is 9.59 Å². The molecule has 0 unspecified atom stereocenters. The van der Waals surface area contributed by atoms with Gasteiger partial charge in [-0.25, -0.2) is 4.39 Å². The first-order valence-electron chi connectivity index (χ1n) is 12.9. The standard InChI is InChI=1S/C30H30ClFN2O4/c31-25-17-22(9-14-27(25)38-24-12-13-24)28(35)26(18-34-15-1-2-16-34)33-30(37)29(36)21-5-3-19(4-6-21)20-7-10-23(32)11-8-20/h3-11,14,17,24,26,28,35H,1-2,12-13,15-16,18H2,(H,33,37)/t26-,28-/m1/s1. The van der Waals surface area contributed by atoms with E-state index in [-0.39, 0.29) is 17.5 Å². The number of nitrogens with zero attached hydrogens (tertiary/aromatic N) is 1.